The molecule has 1 atom stereocenters. The molecule has 0 aliphatic heterocycles. The quantitative estimate of drug-likeness (QED) is 0.628. The Bertz CT molecular complexity index is 870. The van der Waals surface area contributed by atoms with Crippen molar-refractivity contribution in [3.63, 3.8) is 0 Å². The van der Waals surface area contributed by atoms with Crippen LogP contribution in [0.4, 0.5) is 5.82 Å². The van der Waals surface area contributed by atoms with Crippen LogP contribution in [-0.2, 0) is 0 Å². The van der Waals surface area contributed by atoms with Gasteiger partial charge in [-0.3, -0.25) is 0 Å². The standard InChI is InChI=1S/C16H13N5S/c1-2-5-12(6-3-1)15(13-7-4-10-22-13)20-14-8-9-17-16-18-11-19-21(14)16/h1-11,15,20H. The average Bonchev–Trinajstić information content (AvgIpc) is 3.25. The molecular formula is C16H13N5S. The van der Waals surface area contributed by atoms with E-state index < -0.39 is 0 Å². The summed E-state index contributed by atoms with van der Waals surface area (Å²) in [7, 11) is 0. The van der Waals surface area contributed by atoms with Gasteiger partial charge in [0.2, 0.25) is 0 Å². The Morgan fingerprint density at radius 1 is 1.00 bits per heavy atom. The third kappa shape index (κ3) is 2.33. The summed E-state index contributed by atoms with van der Waals surface area (Å²) in [4.78, 5) is 9.57. The molecular weight excluding hydrogens is 294 g/mol. The lowest BCUT2D eigenvalue weighted by Gasteiger charge is -2.19. The van der Waals surface area contributed by atoms with E-state index in [9.17, 15) is 0 Å². The monoisotopic (exact) mass is 307 g/mol. The highest BCUT2D eigenvalue weighted by atomic mass is 32.1. The van der Waals surface area contributed by atoms with Gasteiger partial charge in [-0.1, -0.05) is 36.4 Å². The fraction of sp³-hybridized carbons (Fsp3) is 0.0625. The lowest BCUT2D eigenvalue weighted by atomic mass is 10.1. The minimum absolute atomic E-state index is 0.0657. The number of benzene rings is 1. The SMILES string of the molecule is c1ccc(C(Nc2ccnc3ncnn23)c2cccs2)cc1. The number of hydrogen-bond acceptors (Lipinski definition) is 5. The van der Waals surface area contributed by atoms with Gasteiger partial charge < -0.3 is 5.32 Å². The van der Waals surface area contributed by atoms with Gasteiger partial charge in [0.05, 0.1) is 6.04 Å². The van der Waals surface area contributed by atoms with E-state index in [1.807, 2.05) is 12.1 Å². The van der Waals surface area contributed by atoms with E-state index in [1.165, 1.54) is 16.8 Å². The van der Waals surface area contributed by atoms with Crippen LogP contribution in [0.5, 0.6) is 0 Å². The molecule has 6 heteroatoms. The third-order valence-corrected chi connectivity index (χ3v) is 4.37. The number of nitrogens with one attached hydrogen (secondary N) is 1. The number of rotatable bonds is 4. The van der Waals surface area contributed by atoms with Crippen molar-refractivity contribution in [2.75, 3.05) is 5.32 Å². The van der Waals surface area contributed by atoms with Gasteiger partial charge >= 0.3 is 0 Å². The molecule has 0 saturated heterocycles. The third-order valence-electron chi connectivity index (χ3n) is 3.43. The molecule has 0 aliphatic rings. The van der Waals surface area contributed by atoms with Gasteiger partial charge in [-0.15, -0.1) is 11.3 Å². The van der Waals surface area contributed by atoms with E-state index in [0.29, 0.717) is 5.78 Å². The Kier molecular flexibility index (Phi) is 3.29. The first-order chi connectivity index (χ1) is 10.9. The van der Waals surface area contributed by atoms with Crippen LogP contribution >= 0.6 is 11.3 Å². The Morgan fingerprint density at radius 2 is 1.91 bits per heavy atom. The van der Waals surface area contributed by atoms with Gasteiger partial charge in [-0.05, 0) is 23.1 Å². The smallest absolute Gasteiger partial charge is 0.254 e. The van der Waals surface area contributed by atoms with Crippen molar-refractivity contribution < 1.29 is 0 Å². The zero-order valence-electron chi connectivity index (χ0n) is 11.6. The number of anilines is 1. The topological polar surface area (TPSA) is 55.1 Å². The zero-order chi connectivity index (χ0) is 14.8. The molecule has 1 N–H and O–H groups in total. The van der Waals surface area contributed by atoms with Crippen LogP contribution < -0.4 is 5.32 Å². The first kappa shape index (κ1) is 13.0. The summed E-state index contributed by atoms with van der Waals surface area (Å²) in [6.07, 6.45) is 3.25. The number of thiophene rings is 1. The van der Waals surface area contributed by atoms with E-state index in [4.69, 9.17) is 0 Å². The molecule has 0 spiro atoms. The van der Waals surface area contributed by atoms with Crippen LogP contribution in [0.3, 0.4) is 0 Å². The summed E-state index contributed by atoms with van der Waals surface area (Å²) in [5.74, 6) is 1.45. The van der Waals surface area contributed by atoms with E-state index in [-0.39, 0.29) is 6.04 Å². The molecule has 22 heavy (non-hydrogen) atoms. The summed E-state index contributed by atoms with van der Waals surface area (Å²) in [6.45, 7) is 0. The second kappa shape index (κ2) is 5.57. The second-order valence-electron chi connectivity index (χ2n) is 4.81. The molecule has 0 fully saturated rings. The van der Waals surface area contributed by atoms with Crippen LogP contribution in [-0.4, -0.2) is 19.6 Å². The van der Waals surface area contributed by atoms with Gasteiger partial charge in [0.25, 0.3) is 5.78 Å². The summed E-state index contributed by atoms with van der Waals surface area (Å²) in [6, 6.07) is 16.5. The molecule has 4 rings (SSSR count). The van der Waals surface area contributed by atoms with Crippen molar-refractivity contribution in [3.8, 4) is 0 Å². The van der Waals surface area contributed by atoms with Crippen LogP contribution in [0.25, 0.3) is 5.78 Å². The van der Waals surface area contributed by atoms with Gasteiger partial charge in [0.15, 0.2) is 0 Å². The highest BCUT2D eigenvalue weighted by Gasteiger charge is 2.16. The van der Waals surface area contributed by atoms with Gasteiger partial charge in [-0.25, -0.2) is 4.98 Å². The molecule has 1 unspecified atom stereocenters. The van der Waals surface area contributed by atoms with E-state index in [0.717, 1.165) is 5.82 Å². The van der Waals surface area contributed by atoms with Crippen molar-refractivity contribution >= 4 is 22.9 Å². The number of hydrogen-bond donors (Lipinski definition) is 1. The molecule has 5 nitrogen and oxygen atoms in total. The van der Waals surface area contributed by atoms with Gasteiger partial charge in [-0.2, -0.15) is 14.6 Å². The largest absolute Gasteiger partial charge is 0.358 e. The molecule has 108 valence electrons. The highest BCUT2D eigenvalue weighted by molar-refractivity contribution is 7.10. The van der Waals surface area contributed by atoms with Crippen LogP contribution in [0.2, 0.25) is 0 Å². The first-order valence-electron chi connectivity index (χ1n) is 6.91. The Hall–Kier alpha value is -2.73. The number of aromatic nitrogens is 4. The molecule has 0 aliphatic carbocycles. The van der Waals surface area contributed by atoms with E-state index >= 15 is 0 Å². The summed E-state index contributed by atoms with van der Waals surface area (Å²) in [5.41, 5.74) is 1.20. The first-order valence-corrected chi connectivity index (χ1v) is 7.79. The van der Waals surface area contributed by atoms with Crippen molar-refractivity contribution in [1.29, 1.82) is 0 Å². The van der Waals surface area contributed by atoms with Crippen molar-refractivity contribution in [1.82, 2.24) is 19.6 Å². The average molecular weight is 307 g/mol. The molecule has 4 aromatic rings. The zero-order valence-corrected chi connectivity index (χ0v) is 12.4. The van der Waals surface area contributed by atoms with E-state index in [1.54, 1.807) is 22.0 Å². The molecule has 0 amide bonds. The van der Waals surface area contributed by atoms with Crippen molar-refractivity contribution in [2.24, 2.45) is 0 Å². The fourth-order valence-electron chi connectivity index (χ4n) is 2.42. The Labute approximate surface area is 131 Å². The lowest BCUT2D eigenvalue weighted by molar-refractivity contribution is 0.883. The second-order valence-corrected chi connectivity index (χ2v) is 5.78. The van der Waals surface area contributed by atoms with Crippen molar-refractivity contribution in [3.05, 3.63) is 76.9 Å². The summed E-state index contributed by atoms with van der Waals surface area (Å²) in [5, 5.41) is 9.88. The van der Waals surface area contributed by atoms with Gasteiger partial charge in [0.1, 0.15) is 12.1 Å². The van der Waals surface area contributed by atoms with Crippen molar-refractivity contribution in [2.45, 2.75) is 6.04 Å². The minimum atomic E-state index is 0.0657. The maximum atomic E-state index is 4.23. The predicted molar refractivity (Wildman–Crippen MR) is 87.0 cm³/mol. The minimum Gasteiger partial charge on any atom is -0.358 e. The Morgan fingerprint density at radius 3 is 2.73 bits per heavy atom. The normalized spacial score (nSPS) is 12.4. The fourth-order valence-corrected chi connectivity index (χ4v) is 3.22. The van der Waals surface area contributed by atoms with Crippen LogP contribution in [0, 0.1) is 0 Å². The lowest BCUT2D eigenvalue weighted by Crippen LogP contribution is -2.14. The van der Waals surface area contributed by atoms with Crippen LogP contribution in [0.1, 0.15) is 16.5 Å². The number of fused-ring (bicyclic) bond motifs is 1. The van der Waals surface area contributed by atoms with E-state index in [2.05, 4.69) is 62.2 Å². The molecule has 3 aromatic heterocycles. The maximum absolute atomic E-state index is 4.23. The molecule has 0 bridgehead atoms. The van der Waals surface area contributed by atoms with Crippen LogP contribution in [0.15, 0.2) is 66.4 Å². The Balaban J connectivity index is 1.77. The molecule has 3 heterocycles. The summed E-state index contributed by atoms with van der Waals surface area (Å²) >= 11 is 1.73. The number of nitrogens with zero attached hydrogens (tertiary/aromatic N) is 4. The predicted octanol–water partition coefficient (Wildman–Crippen LogP) is 3.39. The highest BCUT2D eigenvalue weighted by Crippen LogP contribution is 2.29. The maximum Gasteiger partial charge on any atom is 0.254 e. The van der Waals surface area contributed by atoms with Gasteiger partial charge in [0, 0.05) is 11.1 Å². The molecule has 0 saturated carbocycles. The molecule has 1 aromatic carbocycles. The summed E-state index contributed by atoms with van der Waals surface area (Å²) < 4.78 is 1.71. The molecule has 0 radical (unpaired) electrons.